The van der Waals surface area contributed by atoms with Gasteiger partial charge in [-0.15, -0.1) is 0 Å². The third kappa shape index (κ3) is 3.91. The van der Waals surface area contributed by atoms with Crippen molar-refractivity contribution in [2.75, 3.05) is 13.1 Å². The summed E-state index contributed by atoms with van der Waals surface area (Å²) >= 11 is 0. The largest absolute Gasteiger partial charge is 0.362 e. The van der Waals surface area contributed by atoms with Crippen molar-refractivity contribution in [3.8, 4) is 0 Å². The van der Waals surface area contributed by atoms with Gasteiger partial charge in [-0.25, -0.2) is 0 Å². The Kier molecular flexibility index (Phi) is 5.12. The molecular weight excluding hydrogens is 270 g/mol. The Morgan fingerprint density at radius 1 is 1.38 bits per heavy atom. The van der Waals surface area contributed by atoms with E-state index in [1.54, 1.807) is 17.9 Å². The summed E-state index contributed by atoms with van der Waals surface area (Å²) in [6.07, 6.45) is 3.13. The summed E-state index contributed by atoms with van der Waals surface area (Å²) in [4.78, 5) is 18.4. The van der Waals surface area contributed by atoms with Gasteiger partial charge in [-0.1, -0.05) is 24.6 Å². The molecule has 1 aliphatic heterocycles. The quantitative estimate of drug-likeness (QED) is 0.797. The zero-order chi connectivity index (χ0) is 15.4. The Morgan fingerprint density at radius 2 is 2.10 bits per heavy atom. The van der Waals surface area contributed by atoms with Gasteiger partial charge in [0.1, 0.15) is 0 Å². The molecule has 0 unspecified atom stereocenters. The van der Waals surface area contributed by atoms with Crippen LogP contribution in [0.5, 0.6) is 0 Å². The lowest BCUT2D eigenvalue weighted by molar-refractivity contribution is -0.141. The second kappa shape index (κ2) is 6.85. The monoisotopic (exact) mass is 293 g/mol. The molecule has 0 aromatic carbocycles. The van der Waals surface area contributed by atoms with Gasteiger partial charge in [-0.3, -0.25) is 4.79 Å². The highest BCUT2D eigenvalue weighted by Crippen LogP contribution is 2.24. The normalized spacial score (nSPS) is 22.2. The van der Waals surface area contributed by atoms with Crippen LogP contribution < -0.4 is 0 Å². The standard InChI is InChI=1S/C15H23N3O3/c1-5-12(6-2)7-14(19)18-8-10(3)20-13(9-18)15-16-11(4)17-21-15/h7,10,13H,5-6,8-9H2,1-4H3/t10-,13-/m1/s1. The first-order chi connectivity index (χ1) is 10.0. The molecule has 6 heteroatoms. The van der Waals surface area contributed by atoms with E-state index in [-0.39, 0.29) is 18.1 Å². The lowest BCUT2D eigenvalue weighted by atomic mass is 10.1. The van der Waals surface area contributed by atoms with Crippen molar-refractivity contribution in [3.05, 3.63) is 23.4 Å². The molecule has 0 saturated carbocycles. The molecule has 116 valence electrons. The number of allylic oxidation sites excluding steroid dienone is 1. The van der Waals surface area contributed by atoms with Crippen LogP contribution in [0.15, 0.2) is 16.2 Å². The summed E-state index contributed by atoms with van der Waals surface area (Å²) in [7, 11) is 0. The van der Waals surface area contributed by atoms with Crippen molar-refractivity contribution in [2.45, 2.75) is 52.7 Å². The number of carbonyl (C=O) groups is 1. The predicted molar refractivity (Wildman–Crippen MR) is 77.6 cm³/mol. The van der Waals surface area contributed by atoms with Crippen LogP contribution in [0.25, 0.3) is 0 Å². The minimum Gasteiger partial charge on any atom is -0.362 e. The third-order valence-electron chi connectivity index (χ3n) is 3.63. The molecule has 0 radical (unpaired) electrons. The first kappa shape index (κ1) is 15.7. The van der Waals surface area contributed by atoms with Crippen LogP contribution in [0.3, 0.4) is 0 Å². The molecule has 1 saturated heterocycles. The molecule has 6 nitrogen and oxygen atoms in total. The van der Waals surface area contributed by atoms with Crippen molar-refractivity contribution in [1.82, 2.24) is 15.0 Å². The average molecular weight is 293 g/mol. The highest BCUT2D eigenvalue weighted by Gasteiger charge is 2.32. The fourth-order valence-corrected chi connectivity index (χ4v) is 2.43. The van der Waals surface area contributed by atoms with Gasteiger partial charge >= 0.3 is 0 Å². The van der Waals surface area contributed by atoms with Crippen molar-refractivity contribution in [2.24, 2.45) is 0 Å². The molecule has 1 fully saturated rings. The number of carbonyl (C=O) groups excluding carboxylic acids is 1. The molecule has 0 spiro atoms. The van der Waals surface area contributed by atoms with Crippen LogP contribution in [0.2, 0.25) is 0 Å². The van der Waals surface area contributed by atoms with Crippen LogP contribution in [0.1, 0.15) is 51.4 Å². The van der Waals surface area contributed by atoms with Gasteiger partial charge in [0, 0.05) is 12.6 Å². The zero-order valence-electron chi connectivity index (χ0n) is 13.1. The lowest BCUT2D eigenvalue weighted by Gasteiger charge is -2.34. The number of amides is 1. The highest BCUT2D eigenvalue weighted by molar-refractivity contribution is 5.88. The smallest absolute Gasteiger partial charge is 0.257 e. The van der Waals surface area contributed by atoms with Gasteiger partial charge in [-0.05, 0) is 26.7 Å². The topological polar surface area (TPSA) is 68.5 Å². The van der Waals surface area contributed by atoms with E-state index < -0.39 is 0 Å². The van der Waals surface area contributed by atoms with E-state index in [1.807, 2.05) is 6.92 Å². The summed E-state index contributed by atoms with van der Waals surface area (Å²) in [6.45, 7) is 8.87. The van der Waals surface area contributed by atoms with Crippen molar-refractivity contribution in [3.63, 3.8) is 0 Å². The molecular formula is C15H23N3O3. The van der Waals surface area contributed by atoms with Crippen molar-refractivity contribution < 1.29 is 14.1 Å². The Bertz CT molecular complexity index is 518. The first-order valence-corrected chi connectivity index (χ1v) is 7.47. The summed E-state index contributed by atoms with van der Waals surface area (Å²) in [6, 6.07) is 0. The third-order valence-corrected chi connectivity index (χ3v) is 3.63. The number of aryl methyl sites for hydroxylation is 1. The summed E-state index contributed by atoms with van der Waals surface area (Å²) < 4.78 is 11.0. The maximum absolute atomic E-state index is 12.4. The summed E-state index contributed by atoms with van der Waals surface area (Å²) in [5, 5.41) is 3.78. The van der Waals surface area contributed by atoms with E-state index in [9.17, 15) is 4.79 Å². The van der Waals surface area contributed by atoms with Crippen LogP contribution in [-0.2, 0) is 9.53 Å². The second-order valence-electron chi connectivity index (χ2n) is 5.37. The Balaban J connectivity index is 2.10. The Hall–Kier alpha value is -1.69. The number of rotatable bonds is 4. The van der Waals surface area contributed by atoms with Gasteiger partial charge in [0.25, 0.3) is 5.89 Å². The molecule has 2 heterocycles. The van der Waals surface area contributed by atoms with E-state index in [0.29, 0.717) is 24.8 Å². The van der Waals surface area contributed by atoms with Crippen molar-refractivity contribution in [1.29, 1.82) is 0 Å². The predicted octanol–water partition coefficient (Wildman–Crippen LogP) is 2.41. The first-order valence-electron chi connectivity index (χ1n) is 7.47. The zero-order valence-corrected chi connectivity index (χ0v) is 13.1. The van der Waals surface area contributed by atoms with E-state index in [2.05, 4.69) is 24.0 Å². The van der Waals surface area contributed by atoms with Gasteiger partial charge < -0.3 is 14.2 Å². The maximum Gasteiger partial charge on any atom is 0.257 e. The Labute approximate surface area is 125 Å². The average Bonchev–Trinajstić information content (AvgIpc) is 2.90. The summed E-state index contributed by atoms with van der Waals surface area (Å²) in [5.74, 6) is 1.04. The molecule has 0 N–H and O–H groups in total. The molecule has 1 aromatic heterocycles. The van der Waals surface area contributed by atoms with Crippen molar-refractivity contribution >= 4 is 5.91 Å². The molecule has 0 aliphatic carbocycles. The maximum atomic E-state index is 12.4. The van der Waals surface area contributed by atoms with Crippen LogP contribution in [-0.4, -0.2) is 40.1 Å². The minimum atomic E-state index is -0.348. The molecule has 0 bridgehead atoms. The molecule has 1 aromatic rings. The molecule has 1 aliphatic rings. The minimum absolute atomic E-state index is 0.0325. The van der Waals surface area contributed by atoms with E-state index in [4.69, 9.17) is 9.26 Å². The molecule has 2 rings (SSSR count). The van der Waals surface area contributed by atoms with Crippen LogP contribution >= 0.6 is 0 Å². The number of morpholine rings is 1. The number of hydrogen-bond acceptors (Lipinski definition) is 5. The van der Waals surface area contributed by atoms with Gasteiger partial charge in [-0.2, -0.15) is 4.98 Å². The van der Waals surface area contributed by atoms with Gasteiger partial charge in [0.2, 0.25) is 5.91 Å². The van der Waals surface area contributed by atoms with E-state index >= 15 is 0 Å². The molecule has 2 atom stereocenters. The summed E-state index contributed by atoms with van der Waals surface area (Å²) in [5.41, 5.74) is 1.16. The van der Waals surface area contributed by atoms with E-state index in [1.165, 1.54) is 0 Å². The van der Waals surface area contributed by atoms with Gasteiger partial charge in [0.15, 0.2) is 11.9 Å². The second-order valence-corrected chi connectivity index (χ2v) is 5.37. The fraction of sp³-hybridized carbons (Fsp3) is 0.667. The van der Waals surface area contributed by atoms with Crippen LogP contribution in [0.4, 0.5) is 0 Å². The van der Waals surface area contributed by atoms with Gasteiger partial charge in [0.05, 0.1) is 12.6 Å². The fourth-order valence-electron chi connectivity index (χ4n) is 2.43. The highest BCUT2D eigenvalue weighted by atomic mass is 16.5. The van der Waals surface area contributed by atoms with Crippen LogP contribution in [0, 0.1) is 6.92 Å². The molecule has 1 amide bonds. The number of ether oxygens (including phenoxy) is 1. The van der Waals surface area contributed by atoms with E-state index in [0.717, 1.165) is 18.4 Å². The number of hydrogen-bond donors (Lipinski definition) is 0. The number of aromatic nitrogens is 2. The number of nitrogens with zero attached hydrogens (tertiary/aromatic N) is 3. The Morgan fingerprint density at radius 3 is 2.67 bits per heavy atom. The SMILES string of the molecule is CCC(=CC(=O)N1C[C@@H](C)O[C@@H](c2nc(C)no2)C1)CC. The molecule has 21 heavy (non-hydrogen) atoms. The lowest BCUT2D eigenvalue weighted by Crippen LogP contribution is -2.45.